The van der Waals surface area contributed by atoms with Gasteiger partial charge < -0.3 is 19.6 Å². The number of β-amino-alcohol motifs (C(OH)–C–C–N with tert-alkyl or cyclic N) is 1. The van der Waals surface area contributed by atoms with Crippen molar-refractivity contribution in [1.29, 1.82) is 5.26 Å². The van der Waals surface area contributed by atoms with Crippen molar-refractivity contribution in [2.75, 3.05) is 39.3 Å². The van der Waals surface area contributed by atoms with Gasteiger partial charge in [0.25, 0.3) is 5.91 Å². The highest BCUT2D eigenvalue weighted by Gasteiger charge is 2.28. The Balaban J connectivity index is 1.38. The quantitative estimate of drug-likeness (QED) is 0.613. The molecule has 2 aliphatic heterocycles. The summed E-state index contributed by atoms with van der Waals surface area (Å²) in [5.41, 5.74) is 0.320. The van der Waals surface area contributed by atoms with Crippen molar-refractivity contribution in [3.05, 3.63) is 53.3 Å². The van der Waals surface area contributed by atoms with Gasteiger partial charge in [-0.25, -0.2) is 8.78 Å². The van der Waals surface area contributed by atoms with Gasteiger partial charge in [0, 0.05) is 19.6 Å². The van der Waals surface area contributed by atoms with Crippen LogP contribution in [-0.2, 0) is 0 Å². The van der Waals surface area contributed by atoms with Crippen LogP contribution in [-0.4, -0.2) is 71.9 Å². The molecule has 0 radical (unpaired) electrons. The van der Waals surface area contributed by atoms with Crippen molar-refractivity contribution in [1.82, 2.24) is 9.80 Å². The lowest BCUT2D eigenvalue weighted by Crippen LogP contribution is -2.41. The van der Waals surface area contributed by atoms with Crippen LogP contribution in [0, 0.1) is 23.1 Å². The third-order valence-corrected chi connectivity index (χ3v) is 6.86. The van der Waals surface area contributed by atoms with Crippen LogP contribution in [0.2, 0.25) is 0 Å². The van der Waals surface area contributed by atoms with Crippen LogP contribution in [0.3, 0.4) is 0 Å². The summed E-state index contributed by atoms with van der Waals surface area (Å²) < 4.78 is 34.7. The van der Waals surface area contributed by atoms with Gasteiger partial charge in [0.1, 0.15) is 23.3 Å². The lowest BCUT2D eigenvalue weighted by molar-refractivity contribution is 0.0760. The maximum Gasteiger partial charge on any atom is 0.256 e. The summed E-state index contributed by atoms with van der Waals surface area (Å²) in [6.07, 6.45) is 1.75. The molecule has 2 aromatic rings. The molecule has 8 heteroatoms. The molecule has 36 heavy (non-hydrogen) atoms. The Morgan fingerprint density at radius 2 is 1.83 bits per heavy atom. The molecule has 2 aliphatic rings. The number of hydrogen-bond acceptors (Lipinski definition) is 5. The van der Waals surface area contributed by atoms with E-state index in [2.05, 4.69) is 11.0 Å². The van der Waals surface area contributed by atoms with E-state index in [1.807, 2.05) is 0 Å². The number of carbonyl (C=O) groups excluding carboxylic acids is 1. The summed E-state index contributed by atoms with van der Waals surface area (Å²) in [4.78, 5) is 16.2. The largest absolute Gasteiger partial charge is 0.492 e. The fourth-order valence-electron chi connectivity index (χ4n) is 4.94. The number of piperidine rings is 1. The van der Waals surface area contributed by atoms with Crippen LogP contribution in [0.5, 0.6) is 5.75 Å². The Morgan fingerprint density at radius 1 is 1.14 bits per heavy atom. The number of rotatable bonds is 7. The van der Waals surface area contributed by atoms with Crippen LogP contribution in [0.25, 0.3) is 11.1 Å². The number of aliphatic hydroxyl groups excluding tert-OH is 1. The maximum atomic E-state index is 14.8. The normalized spacial score (nSPS) is 19.3. The molecule has 6 nitrogen and oxygen atoms in total. The molecule has 1 amide bonds. The first-order valence-electron chi connectivity index (χ1n) is 12.5. The monoisotopic (exact) mass is 497 g/mol. The number of carbonyl (C=O) groups is 1. The Kier molecular flexibility index (Phi) is 7.91. The van der Waals surface area contributed by atoms with Crippen LogP contribution >= 0.6 is 0 Å². The zero-order valence-corrected chi connectivity index (χ0v) is 20.8. The topological polar surface area (TPSA) is 76.8 Å². The Bertz CT molecular complexity index is 1130. The fraction of sp³-hybridized carbons (Fsp3) is 0.500. The van der Waals surface area contributed by atoms with Gasteiger partial charge in [0.05, 0.1) is 23.8 Å². The van der Waals surface area contributed by atoms with E-state index < -0.39 is 23.5 Å². The van der Waals surface area contributed by atoms with E-state index in [4.69, 9.17) is 4.74 Å². The molecule has 1 N–H and O–H groups in total. The van der Waals surface area contributed by atoms with Gasteiger partial charge in [-0.05, 0) is 87.5 Å². The van der Waals surface area contributed by atoms with Crippen molar-refractivity contribution in [2.24, 2.45) is 5.92 Å². The van der Waals surface area contributed by atoms with Crippen molar-refractivity contribution >= 4 is 5.91 Å². The van der Waals surface area contributed by atoms with Gasteiger partial charge >= 0.3 is 0 Å². The molecule has 0 aliphatic carbocycles. The number of hydrogen-bond donors (Lipinski definition) is 1. The van der Waals surface area contributed by atoms with Gasteiger partial charge in [-0.1, -0.05) is 12.1 Å². The predicted molar refractivity (Wildman–Crippen MR) is 133 cm³/mol. The first kappa shape index (κ1) is 26.1. The van der Waals surface area contributed by atoms with Crippen molar-refractivity contribution in [2.45, 2.75) is 44.9 Å². The number of nitrogens with zero attached hydrogens (tertiary/aromatic N) is 3. The van der Waals surface area contributed by atoms with Crippen LogP contribution < -0.4 is 4.74 Å². The van der Waals surface area contributed by atoms with E-state index in [1.165, 1.54) is 17.0 Å². The SMILES string of the molecule is CC(C)(F)CN1CCC(COc2ccc(-c3ccc(C(=O)N4CC[C@H](O)C4)c(F)c3)cc2C#N)CC1. The predicted octanol–water partition coefficient (Wildman–Crippen LogP) is 4.41. The molecule has 4 rings (SSSR count). The summed E-state index contributed by atoms with van der Waals surface area (Å²) in [6, 6.07) is 11.7. The van der Waals surface area contributed by atoms with E-state index in [1.54, 1.807) is 38.1 Å². The third-order valence-electron chi connectivity index (χ3n) is 6.86. The maximum absolute atomic E-state index is 14.8. The van der Waals surface area contributed by atoms with Crippen molar-refractivity contribution in [3.8, 4) is 22.9 Å². The molecular weight excluding hydrogens is 464 g/mol. The molecule has 0 saturated carbocycles. The number of ether oxygens (including phenoxy) is 1. The highest BCUT2D eigenvalue weighted by Crippen LogP contribution is 2.29. The van der Waals surface area contributed by atoms with E-state index in [0.717, 1.165) is 25.9 Å². The number of nitriles is 1. The minimum atomic E-state index is -1.21. The zero-order chi connectivity index (χ0) is 25.9. The highest BCUT2D eigenvalue weighted by molar-refractivity contribution is 5.95. The number of amides is 1. The van der Waals surface area contributed by atoms with E-state index >= 15 is 0 Å². The standard InChI is InChI=1S/C28H33F2N3O3/c1-28(2,30)18-32-10-7-19(8-11-32)17-36-26-6-4-20(13-22(26)15-31)21-3-5-24(25(29)14-21)27(35)33-12-9-23(34)16-33/h3-6,13-14,19,23,34H,7-12,16-18H2,1-2H3/t23-/m0/s1. The molecule has 192 valence electrons. The molecular formula is C28H33F2N3O3. The Labute approximate surface area is 211 Å². The summed E-state index contributed by atoms with van der Waals surface area (Å²) in [5.74, 6) is -0.254. The van der Waals surface area contributed by atoms with Crippen molar-refractivity contribution in [3.63, 3.8) is 0 Å². The average molecular weight is 498 g/mol. The lowest BCUT2D eigenvalue weighted by Gasteiger charge is -2.34. The van der Waals surface area contributed by atoms with Crippen molar-refractivity contribution < 1.29 is 23.4 Å². The second kappa shape index (κ2) is 10.9. The van der Waals surface area contributed by atoms with E-state index in [9.17, 15) is 23.9 Å². The summed E-state index contributed by atoms with van der Waals surface area (Å²) in [6.45, 7) is 6.37. The van der Waals surface area contributed by atoms with Crippen LogP contribution in [0.15, 0.2) is 36.4 Å². The highest BCUT2D eigenvalue weighted by atomic mass is 19.1. The summed E-state index contributed by atoms with van der Waals surface area (Å²) in [5, 5.41) is 19.3. The smallest absolute Gasteiger partial charge is 0.256 e. The number of benzene rings is 2. The number of halogens is 2. The summed E-state index contributed by atoms with van der Waals surface area (Å²) >= 11 is 0. The molecule has 0 spiro atoms. The second-order valence-electron chi connectivity index (χ2n) is 10.5. The molecule has 2 saturated heterocycles. The van der Waals surface area contributed by atoms with Gasteiger partial charge in [0.15, 0.2) is 0 Å². The van der Waals surface area contributed by atoms with Gasteiger partial charge in [-0.2, -0.15) is 5.26 Å². The first-order valence-corrected chi connectivity index (χ1v) is 12.5. The molecule has 0 aromatic heterocycles. The van der Waals surface area contributed by atoms with Gasteiger partial charge in [0.2, 0.25) is 0 Å². The molecule has 2 aromatic carbocycles. The second-order valence-corrected chi connectivity index (χ2v) is 10.5. The zero-order valence-electron chi connectivity index (χ0n) is 20.8. The minimum Gasteiger partial charge on any atom is -0.492 e. The molecule has 1 atom stereocenters. The van der Waals surface area contributed by atoms with Crippen LogP contribution in [0.4, 0.5) is 8.78 Å². The molecule has 0 bridgehead atoms. The fourth-order valence-corrected chi connectivity index (χ4v) is 4.94. The Hall–Kier alpha value is -3.02. The molecule has 2 fully saturated rings. The first-order chi connectivity index (χ1) is 17.1. The minimum absolute atomic E-state index is 0.0329. The number of alkyl halides is 1. The molecule has 2 heterocycles. The Morgan fingerprint density at radius 3 is 2.44 bits per heavy atom. The van der Waals surface area contributed by atoms with Crippen LogP contribution in [0.1, 0.15) is 49.0 Å². The number of aliphatic hydroxyl groups is 1. The average Bonchev–Trinajstić information content (AvgIpc) is 3.28. The summed E-state index contributed by atoms with van der Waals surface area (Å²) in [7, 11) is 0. The van der Waals surface area contributed by atoms with Gasteiger partial charge in [-0.3, -0.25) is 4.79 Å². The van der Waals surface area contributed by atoms with Gasteiger partial charge in [-0.15, -0.1) is 0 Å². The van der Waals surface area contributed by atoms with E-state index in [-0.39, 0.29) is 12.1 Å². The van der Waals surface area contributed by atoms with E-state index in [0.29, 0.717) is 54.5 Å². The molecule has 0 unspecified atom stereocenters. The number of likely N-dealkylation sites (tertiary alicyclic amines) is 2. The lowest BCUT2D eigenvalue weighted by atomic mass is 9.96. The third kappa shape index (κ3) is 6.40.